The lowest BCUT2D eigenvalue weighted by Crippen LogP contribution is -2.38. The Morgan fingerprint density at radius 2 is 1.76 bits per heavy atom. The SMILES string of the molecule is CC(C)N1CCOc2c(F)cc(-c3nc(Cc4ncc(-c5ccn(C)n5)cn4)ncc3F)cc21. The van der Waals surface area contributed by atoms with Crippen LogP contribution >= 0.6 is 0 Å². The Morgan fingerprint density at radius 3 is 2.47 bits per heavy atom. The van der Waals surface area contributed by atoms with Crippen LogP contribution in [-0.2, 0) is 13.5 Å². The fourth-order valence-corrected chi connectivity index (χ4v) is 3.95. The predicted molar refractivity (Wildman–Crippen MR) is 122 cm³/mol. The highest BCUT2D eigenvalue weighted by atomic mass is 19.1. The normalized spacial score (nSPS) is 13.2. The Hall–Kier alpha value is -3.95. The number of rotatable bonds is 5. The van der Waals surface area contributed by atoms with Crippen molar-refractivity contribution in [1.29, 1.82) is 0 Å². The number of halogens is 2. The van der Waals surface area contributed by atoms with E-state index in [1.807, 2.05) is 38.1 Å². The van der Waals surface area contributed by atoms with Gasteiger partial charge < -0.3 is 9.64 Å². The third-order valence-corrected chi connectivity index (χ3v) is 5.63. The molecular weight excluding hydrogens is 440 g/mol. The number of aryl methyl sites for hydroxylation is 1. The van der Waals surface area contributed by atoms with Crippen LogP contribution < -0.4 is 9.64 Å². The number of anilines is 1. The smallest absolute Gasteiger partial charge is 0.178 e. The van der Waals surface area contributed by atoms with Gasteiger partial charge in [-0.3, -0.25) is 4.68 Å². The maximum Gasteiger partial charge on any atom is 0.178 e. The molecule has 0 saturated heterocycles. The maximum atomic E-state index is 14.9. The van der Waals surface area contributed by atoms with E-state index in [1.165, 1.54) is 6.07 Å². The lowest BCUT2D eigenvalue weighted by molar-refractivity contribution is 0.287. The van der Waals surface area contributed by atoms with Gasteiger partial charge in [0.15, 0.2) is 17.4 Å². The minimum Gasteiger partial charge on any atom is -0.486 e. The van der Waals surface area contributed by atoms with Gasteiger partial charge in [-0.1, -0.05) is 0 Å². The summed E-state index contributed by atoms with van der Waals surface area (Å²) < 4.78 is 36.8. The molecule has 1 aromatic carbocycles. The van der Waals surface area contributed by atoms with Gasteiger partial charge in [0.1, 0.15) is 23.9 Å². The first kappa shape index (κ1) is 21.9. The fraction of sp³-hybridized carbons (Fsp3) is 0.292. The maximum absolute atomic E-state index is 14.9. The van der Waals surface area contributed by atoms with Gasteiger partial charge in [-0.05, 0) is 32.0 Å². The molecule has 0 aliphatic carbocycles. The summed E-state index contributed by atoms with van der Waals surface area (Å²) in [6.45, 7) is 5.05. The molecular formula is C24H23F2N7O. The van der Waals surface area contributed by atoms with Gasteiger partial charge in [0.25, 0.3) is 0 Å². The highest BCUT2D eigenvalue weighted by molar-refractivity contribution is 5.72. The first-order chi connectivity index (χ1) is 16.4. The number of benzene rings is 1. The second-order valence-corrected chi connectivity index (χ2v) is 8.36. The van der Waals surface area contributed by atoms with Crippen molar-refractivity contribution in [2.45, 2.75) is 26.3 Å². The van der Waals surface area contributed by atoms with Crippen molar-refractivity contribution in [1.82, 2.24) is 29.7 Å². The third kappa shape index (κ3) is 4.18. The van der Waals surface area contributed by atoms with E-state index < -0.39 is 11.6 Å². The van der Waals surface area contributed by atoms with Crippen LogP contribution in [0.25, 0.3) is 22.5 Å². The molecule has 174 valence electrons. The highest BCUT2D eigenvalue weighted by Crippen LogP contribution is 2.39. The van der Waals surface area contributed by atoms with E-state index in [4.69, 9.17) is 4.74 Å². The van der Waals surface area contributed by atoms with Crippen molar-refractivity contribution in [2.24, 2.45) is 7.05 Å². The summed E-state index contributed by atoms with van der Waals surface area (Å²) in [5, 5.41) is 4.33. The van der Waals surface area contributed by atoms with E-state index in [-0.39, 0.29) is 23.9 Å². The van der Waals surface area contributed by atoms with Crippen molar-refractivity contribution in [3.05, 3.63) is 66.3 Å². The minimum absolute atomic E-state index is 0.0195. The molecule has 0 spiro atoms. The second-order valence-electron chi connectivity index (χ2n) is 8.36. The molecule has 10 heteroatoms. The number of aromatic nitrogens is 6. The summed E-state index contributed by atoms with van der Waals surface area (Å²) >= 11 is 0. The van der Waals surface area contributed by atoms with Gasteiger partial charge in [-0.25, -0.2) is 28.7 Å². The quantitative estimate of drug-likeness (QED) is 0.445. The summed E-state index contributed by atoms with van der Waals surface area (Å²) in [5.41, 5.74) is 2.48. The lowest BCUT2D eigenvalue weighted by Gasteiger charge is -2.34. The lowest BCUT2D eigenvalue weighted by atomic mass is 10.1. The molecule has 1 aliphatic rings. The van der Waals surface area contributed by atoms with Crippen LogP contribution in [0.15, 0.2) is 43.0 Å². The van der Waals surface area contributed by atoms with Crippen LogP contribution in [0.4, 0.5) is 14.5 Å². The highest BCUT2D eigenvalue weighted by Gasteiger charge is 2.25. The summed E-state index contributed by atoms with van der Waals surface area (Å²) in [6, 6.07) is 4.96. The molecule has 0 N–H and O–H groups in total. The van der Waals surface area contributed by atoms with Crippen LogP contribution in [0.3, 0.4) is 0 Å². The van der Waals surface area contributed by atoms with E-state index in [2.05, 4.69) is 25.0 Å². The van der Waals surface area contributed by atoms with E-state index in [9.17, 15) is 8.78 Å². The molecule has 3 aromatic heterocycles. The zero-order valence-corrected chi connectivity index (χ0v) is 19.0. The predicted octanol–water partition coefficient (Wildman–Crippen LogP) is 3.81. The Morgan fingerprint density at radius 1 is 1.00 bits per heavy atom. The third-order valence-electron chi connectivity index (χ3n) is 5.63. The summed E-state index contributed by atoms with van der Waals surface area (Å²) in [6.07, 6.45) is 6.48. The van der Waals surface area contributed by atoms with Crippen LogP contribution in [0.1, 0.15) is 25.5 Å². The van der Waals surface area contributed by atoms with E-state index >= 15 is 0 Å². The van der Waals surface area contributed by atoms with Crippen molar-refractivity contribution in [3.8, 4) is 28.3 Å². The number of hydrogen-bond acceptors (Lipinski definition) is 7. The van der Waals surface area contributed by atoms with Gasteiger partial charge in [-0.15, -0.1) is 0 Å². The van der Waals surface area contributed by atoms with Crippen molar-refractivity contribution < 1.29 is 13.5 Å². The number of ether oxygens (including phenoxy) is 1. The first-order valence-corrected chi connectivity index (χ1v) is 10.9. The topological polar surface area (TPSA) is 81.9 Å². The summed E-state index contributed by atoms with van der Waals surface area (Å²) in [4.78, 5) is 19.2. The zero-order valence-electron chi connectivity index (χ0n) is 19.0. The monoisotopic (exact) mass is 463 g/mol. The van der Waals surface area contributed by atoms with E-state index in [0.717, 1.165) is 17.5 Å². The van der Waals surface area contributed by atoms with Gasteiger partial charge in [0.2, 0.25) is 0 Å². The number of hydrogen-bond donors (Lipinski definition) is 0. The minimum atomic E-state index is -0.637. The van der Waals surface area contributed by atoms with Gasteiger partial charge >= 0.3 is 0 Å². The van der Waals surface area contributed by atoms with Crippen LogP contribution in [0.2, 0.25) is 0 Å². The van der Waals surface area contributed by atoms with Crippen molar-refractivity contribution in [2.75, 3.05) is 18.1 Å². The van der Waals surface area contributed by atoms with Crippen LogP contribution in [-0.4, -0.2) is 48.9 Å². The zero-order chi connectivity index (χ0) is 23.8. The fourth-order valence-electron chi connectivity index (χ4n) is 3.95. The molecule has 0 radical (unpaired) electrons. The Labute approximate surface area is 195 Å². The first-order valence-electron chi connectivity index (χ1n) is 10.9. The van der Waals surface area contributed by atoms with Crippen molar-refractivity contribution >= 4 is 5.69 Å². The molecule has 0 atom stereocenters. The Bertz CT molecular complexity index is 1340. The van der Waals surface area contributed by atoms with E-state index in [0.29, 0.717) is 36.1 Å². The number of nitrogens with zero attached hydrogens (tertiary/aromatic N) is 7. The molecule has 5 rings (SSSR count). The number of fused-ring (bicyclic) bond motifs is 1. The van der Waals surface area contributed by atoms with Crippen LogP contribution in [0, 0.1) is 11.6 Å². The molecule has 0 bridgehead atoms. The van der Waals surface area contributed by atoms with E-state index in [1.54, 1.807) is 23.1 Å². The molecule has 0 unspecified atom stereocenters. The van der Waals surface area contributed by atoms with Gasteiger partial charge in [0.05, 0.1) is 30.5 Å². The summed E-state index contributed by atoms with van der Waals surface area (Å²) in [5.74, 6) is -0.196. The molecule has 8 nitrogen and oxygen atoms in total. The molecule has 1 aliphatic heterocycles. The molecule has 0 fully saturated rings. The second kappa shape index (κ2) is 8.77. The summed E-state index contributed by atoms with van der Waals surface area (Å²) in [7, 11) is 1.84. The molecule has 4 aromatic rings. The van der Waals surface area contributed by atoms with Gasteiger partial charge in [-0.2, -0.15) is 5.10 Å². The van der Waals surface area contributed by atoms with Crippen molar-refractivity contribution in [3.63, 3.8) is 0 Å². The Balaban J connectivity index is 1.44. The molecule has 34 heavy (non-hydrogen) atoms. The average molecular weight is 463 g/mol. The molecule has 4 heterocycles. The van der Waals surface area contributed by atoms with Gasteiger partial charge in [0, 0.05) is 42.8 Å². The largest absolute Gasteiger partial charge is 0.486 e. The molecule has 0 amide bonds. The standard InChI is InChI=1S/C24H23F2N7O/c1-14(2)33-6-7-34-24-17(25)8-15(9-20(24)33)23-18(26)13-29-22(30-23)10-21-27-11-16(12-28-21)19-4-5-32(3)31-19/h4-5,8-9,11-14H,6-7,10H2,1-3H3. The molecule has 0 saturated carbocycles. The Kier molecular flexibility index (Phi) is 5.64. The average Bonchev–Trinajstić information content (AvgIpc) is 3.26. The van der Waals surface area contributed by atoms with Crippen LogP contribution in [0.5, 0.6) is 5.75 Å².